The van der Waals surface area contributed by atoms with Crippen molar-refractivity contribution in [2.75, 3.05) is 30.8 Å². The molecule has 0 spiro atoms. The Morgan fingerprint density at radius 3 is 1.64 bits per heavy atom. The lowest BCUT2D eigenvalue weighted by atomic mass is 10.2. The van der Waals surface area contributed by atoms with E-state index in [1.165, 1.54) is 38.5 Å². The van der Waals surface area contributed by atoms with Gasteiger partial charge in [-0.1, -0.05) is 52.4 Å². The molecule has 0 saturated heterocycles. The largest absolute Gasteiger partial charge is 0.467 e. The third-order valence-corrected chi connectivity index (χ3v) is 3.42. The summed E-state index contributed by atoms with van der Waals surface area (Å²) in [7, 11) is 1.57. The van der Waals surface area contributed by atoms with Crippen LogP contribution in [0.4, 0.5) is 11.9 Å². The van der Waals surface area contributed by atoms with Gasteiger partial charge in [-0.05, 0) is 12.8 Å². The number of hydrogen-bond acceptors (Lipinski definition) is 6. The Balaban J connectivity index is 2.42. The van der Waals surface area contributed by atoms with Gasteiger partial charge in [0.25, 0.3) is 0 Å². The van der Waals surface area contributed by atoms with E-state index in [2.05, 4.69) is 39.4 Å². The van der Waals surface area contributed by atoms with Crippen LogP contribution < -0.4 is 15.4 Å². The van der Waals surface area contributed by atoms with Crippen LogP contribution >= 0.6 is 0 Å². The number of hydrogen-bond donors (Lipinski definition) is 2. The molecule has 0 radical (unpaired) electrons. The maximum atomic E-state index is 5.14. The number of unbranched alkanes of at least 4 members (excludes halogenated alkanes) is 6. The Bertz CT molecular complexity index is 368. The number of nitrogens with zero attached hydrogens (tertiary/aromatic N) is 3. The fourth-order valence-corrected chi connectivity index (χ4v) is 2.11. The number of ether oxygens (including phenoxy) is 1. The van der Waals surface area contributed by atoms with E-state index in [-0.39, 0.29) is 0 Å². The molecule has 6 heteroatoms. The van der Waals surface area contributed by atoms with Crippen LogP contribution in [0.5, 0.6) is 6.01 Å². The fraction of sp³-hybridized carbons (Fsp3) is 0.812. The molecule has 0 amide bonds. The Labute approximate surface area is 134 Å². The molecule has 0 aliphatic rings. The lowest BCUT2D eigenvalue weighted by Gasteiger charge is -2.09. The van der Waals surface area contributed by atoms with E-state index in [0.29, 0.717) is 17.9 Å². The number of aromatic nitrogens is 3. The van der Waals surface area contributed by atoms with Crippen LogP contribution in [0, 0.1) is 0 Å². The Morgan fingerprint density at radius 2 is 1.23 bits per heavy atom. The molecule has 0 aliphatic heterocycles. The first-order valence-corrected chi connectivity index (χ1v) is 8.58. The quantitative estimate of drug-likeness (QED) is 0.539. The lowest BCUT2D eigenvalue weighted by Crippen LogP contribution is -2.11. The van der Waals surface area contributed by atoms with Crippen LogP contribution in [-0.4, -0.2) is 35.2 Å². The van der Waals surface area contributed by atoms with Crippen molar-refractivity contribution >= 4 is 11.9 Å². The summed E-state index contributed by atoms with van der Waals surface area (Å²) >= 11 is 0. The van der Waals surface area contributed by atoms with Crippen molar-refractivity contribution in [1.82, 2.24) is 15.0 Å². The summed E-state index contributed by atoms with van der Waals surface area (Å²) in [6.45, 7) is 6.18. The van der Waals surface area contributed by atoms with E-state index in [1.54, 1.807) is 7.11 Å². The first-order valence-electron chi connectivity index (χ1n) is 8.58. The van der Waals surface area contributed by atoms with Crippen LogP contribution in [0.15, 0.2) is 0 Å². The standard InChI is InChI=1S/C16H31N5O/c1-4-6-8-10-12-17-14-19-15(21-16(20-14)22-3)18-13-11-9-7-5-2/h4-13H2,1-3H3,(H2,17,18,19,20,21). The van der Waals surface area contributed by atoms with Gasteiger partial charge in [0, 0.05) is 13.1 Å². The first-order chi connectivity index (χ1) is 10.8. The molecule has 0 aliphatic carbocycles. The van der Waals surface area contributed by atoms with Crippen molar-refractivity contribution in [3.8, 4) is 6.01 Å². The molecular weight excluding hydrogens is 278 g/mol. The van der Waals surface area contributed by atoms with Crippen molar-refractivity contribution < 1.29 is 4.74 Å². The van der Waals surface area contributed by atoms with Gasteiger partial charge in [0.05, 0.1) is 7.11 Å². The molecule has 1 rings (SSSR count). The van der Waals surface area contributed by atoms with Gasteiger partial charge in [0.2, 0.25) is 11.9 Å². The minimum atomic E-state index is 0.349. The normalized spacial score (nSPS) is 10.5. The molecule has 6 nitrogen and oxygen atoms in total. The molecular formula is C16H31N5O. The monoisotopic (exact) mass is 309 g/mol. The Kier molecular flexibility index (Phi) is 10.1. The van der Waals surface area contributed by atoms with Crippen molar-refractivity contribution in [1.29, 1.82) is 0 Å². The molecule has 22 heavy (non-hydrogen) atoms. The predicted octanol–water partition coefficient (Wildman–Crippen LogP) is 3.86. The highest BCUT2D eigenvalue weighted by Gasteiger charge is 2.06. The smallest absolute Gasteiger partial charge is 0.322 e. The number of anilines is 2. The van der Waals surface area contributed by atoms with E-state index in [0.717, 1.165) is 25.9 Å². The van der Waals surface area contributed by atoms with Crippen LogP contribution in [0.2, 0.25) is 0 Å². The summed E-state index contributed by atoms with van der Waals surface area (Å²) in [5.41, 5.74) is 0. The second kappa shape index (κ2) is 12.0. The van der Waals surface area contributed by atoms with Gasteiger partial charge in [-0.25, -0.2) is 0 Å². The maximum Gasteiger partial charge on any atom is 0.322 e. The Hall–Kier alpha value is -1.59. The van der Waals surface area contributed by atoms with Gasteiger partial charge in [0.1, 0.15) is 0 Å². The molecule has 0 fully saturated rings. The minimum absolute atomic E-state index is 0.349. The fourth-order valence-electron chi connectivity index (χ4n) is 2.11. The SMILES string of the molecule is CCCCCCNc1nc(NCCCCCC)nc(OC)n1. The summed E-state index contributed by atoms with van der Waals surface area (Å²) in [5, 5.41) is 6.49. The molecule has 0 aromatic carbocycles. The summed E-state index contributed by atoms with van der Waals surface area (Å²) in [5.74, 6) is 1.17. The molecule has 0 saturated carbocycles. The van der Waals surface area contributed by atoms with Crippen molar-refractivity contribution in [3.63, 3.8) is 0 Å². The molecule has 0 atom stereocenters. The van der Waals surface area contributed by atoms with Gasteiger partial charge < -0.3 is 15.4 Å². The van der Waals surface area contributed by atoms with Gasteiger partial charge in [0.15, 0.2) is 0 Å². The molecule has 0 unspecified atom stereocenters. The second-order valence-electron chi connectivity index (χ2n) is 5.44. The van der Waals surface area contributed by atoms with Crippen LogP contribution in [-0.2, 0) is 0 Å². The second-order valence-corrected chi connectivity index (χ2v) is 5.44. The van der Waals surface area contributed by atoms with Crippen LogP contribution in [0.3, 0.4) is 0 Å². The van der Waals surface area contributed by atoms with E-state index in [9.17, 15) is 0 Å². The van der Waals surface area contributed by atoms with Gasteiger partial charge in [-0.2, -0.15) is 15.0 Å². The first kappa shape index (κ1) is 18.5. The third-order valence-electron chi connectivity index (χ3n) is 3.42. The average Bonchev–Trinajstić information content (AvgIpc) is 2.54. The molecule has 1 heterocycles. The third kappa shape index (κ3) is 8.00. The van der Waals surface area contributed by atoms with Crippen LogP contribution in [0.1, 0.15) is 65.2 Å². The molecule has 0 bridgehead atoms. The summed E-state index contributed by atoms with van der Waals surface area (Å²) < 4.78 is 5.14. The average molecular weight is 309 g/mol. The van der Waals surface area contributed by atoms with E-state index in [1.807, 2.05) is 0 Å². The molecule has 2 N–H and O–H groups in total. The highest BCUT2D eigenvalue weighted by atomic mass is 16.5. The van der Waals surface area contributed by atoms with Gasteiger partial charge >= 0.3 is 6.01 Å². The predicted molar refractivity (Wildman–Crippen MR) is 91.6 cm³/mol. The summed E-state index contributed by atoms with van der Waals surface area (Å²) in [6.07, 6.45) is 9.74. The lowest BCUT2D eigenvalue weighted by molar-refractivity contribution is 0.379. The highest BCUT2D eigenvalue weighted by molar-refractivity contribution is 5.35. The number of methoxy groups -OCH3 is 1. The summed E-state index contributed by atoms with van der Waals surface area (Å²) in [4.78, 5) is 12.9. The zero-order chi connectivity index (χ0) is 16.0. The van der Waals surface area contributed by atoms with Crippen LogP contribution in [0.25, 0.3) is 0 Å². The van der Waals surface area contributed by atoms with E-state index < -0.39 is 0 Å². The maximum absolute atomic E-state index is 5.14. The van der Waals surface area contributed by atoms with Gasteiger partial charge in [-0.15, -0.1) is 0 Å². The van der Waals surface area contributed by atoms with E-state index in [4.69, 9.17) is 4.74 Å². The molecule has 1 aromatic heterocycles. The van der Waals surface area contributed by atoms with E-state index >= 15 is 0 Å². The van der Waals surface area contributed by atoms with Crippen molar-refractivity contribution in [2.45, 2.75) is 65.2 Å². The topological polar surface area (TPSA) is 72.0 Å². The van der Waals surface area contributed by atoms with Gasteiger partial charge in [-0.3, -0.25) is 0 Å². The zero-order valence-electron chi connectivity index (χ0n) is 14.3. The van der Waals surface area contributed by atoms with Crippen molar-refractivity contribution in [3.05, 3.63) is 0 Å². The number of rotatable bonds is 13. The zero-order valence-corrected chi connectivity index (χ0v) is 14.3. The number of nitrogens with one attached hydrogen (secondary N) is 2. The highest BCUT2D eigenvalue weighted by Crippen LogP contribution is 2.11. The molecule has 1 aromatic rings. The summed E-state index contributed by atoms with van der Waals surface area (Å²) in [6, 6.07) is 0.349. The minimum Gasteiger partial charge on any atom is -0.467 e. The Morgan fingerprint density at radius 1 is 0.727 bits per heavy atom. The van der Waals surface area contributed by atoms with Crippen molar-refractivity contribution in [2.24, 2.45) is 0 Å². The molecule has 126 valence electrons.